The molecule has 0 saturated carbocycles. The molecule has 5 rings (SSSR count). The molecule has 1 aliphatic heterocycles. The molecule has 1 atom stereocenters. The molecule has 0 bridgehead atoms. The second-order valence-corrected chi connectivity index (χ2v) is 8.19. The first-order valence-electron chi connectivity index (χ1n) is 10.7. The van der Waals surface area contributed by atoms with Crippen LogP contribution in [0.15, 0.2) is 65.2 Å². The summed E-state index contributed by atoms with van der Waals surface area (Å²) in [5.74, 6) is 1.92. The van der Waals surface area contributed by atoms with Crippen LogP contribution in [-0.2, 0) is 6.61 Å². The molecule has 0 aliphatic carbocycles. The van der Waals surface area contributed by atoms with E-state index in [1.54, 1.807) is 4.90 Å². The molecule has 7 nitrogen and oxygen atoms in total. The maximum Gasteiger partial charge on any atom is 0.249 e. The van der Waals surface area contributed by atoms with Crippen molar-refractivity contribution in [3.05, 3.63) is 77.7 Å². The van der Waals surface area contributed by atoms with Gasteiger partial charge in [0.05, 0.1) is 0 Å². The van der Waals surface area contributed by atoms with Crippen molar-refractivity contribution in [1.82, 2.24) is 15.0 Å². The van der Waals surface area contributed by atoms with Gasteiger partial charge in [-0.2, -0.15) is 4.98 Å². The standard InChI is InChI=1S/C25H25N5O2.ClH/c1-16-4-2-5-17(12-16)15-31-21-10-9-18-13-20(8-7-19(18)14-21)23-28-24(32-29-23)22-6-3-11-30(22)25(26)27;/h2,4-5,7-10,12-14,22H,3,6,11,15H2,1H3,(H3,26,27);1H/t22-;/m0./s1. The topological polar surface area (TPSA) is 101 Å². The third kappa shape index (κ3) is 4.78. The summed E-state index contributed by atoms with van der Waals surface area (Å²) < 4.78 is 11.5. The van der Waals surface area contributed by atoms with Crippen LogP contribution in [0.3, 0.4) is 0 Å². The number of nitrogens with two attached hydrogens (primary N) is 1. The zero-order valence-electron chi connectivity index (χ0n) is 18.3. The average molecular weight is 464 g/mol. The monoisotopic (exact) mass is 463 g/mol. The van der Waals surface area contributed by atoms with Crippen LogP contribution in [0.4, 0.5) is 0 Å². The van der Waals surface area contributed by atoms with Crippen LogP contribution in [0.25, 0.3) is 22.2 Å². The number of aryl methyl sites for hydroxylation is 1. The van der Waals surface area contributed by atoms with Crippen molar-refractivity contribution >= 4 is 29.1 Å². The van der Waals surface area contributed by atoms with Crippen molar-refractivity contribution in [3.8, 4) is 17.1 Å². The van der Waals surface area contributed by atoms with E-state index in [0.717, 1.165) is 47.0 Å². The molecule has 1 fully saturated rings. The van der Waals surface area contributed by atoms with E-state index in [1.807, 2.05) is 42.5 Å². The van der Waals surface area contributed by atoms with Crippen molar-refractivity contribution in [2.75, 3.05) is 6.54 Å². The maximum absolute atomic E-state index is 7.74. The zero-order chi connectivity index (χ0) is 22.1. The van der Waals surface area contributed by atoms with Gasteiger partial charge in [0.15, 0.2) is 5.96 Å². The normalized spacial score (nSPS) is 15.4. The molecule has 170 valence electrons. The number of rotatable bonds is 5. The summed E-state index contributed by atoms with van der Waals surface area (Å²) in [6.45, 7) is 3.36. The molecular weight excluding hydrogens is 438 g/mol. The number of benzene rings is 3. The van der Waals surface area contributed by atoms with E-state index in [-0.39, 0.29) is 24.4 Å². The fraction of sp³-hybridized carbons (Fsp3) is 0.240. The van der Waals surface area contributed by atoms with E-state index in [4.69, 9.17) is 20.4 Å². The predicted molar refractivity (Wildman–Crippen MR) is 131 cm³/mol. The van der Waals surface area contributed by atoms with Crippen LogP contribution in [0, 0.1) is 12.3 Å². The molecule has 0 radical (unpaired) electrons. The van der Waals surface area contributed by atoms with E-state index >= 15 is 0 Å². The highest BCUT2D eigenvalue weighted by Crippen LogP contribution is 2.32. The quantitative estimate of drug-likeness (QED) is 0.310. The number of guanidine groups is 1. The summed E-state index contributed by atoms with van der Waals surface area (Å²) in [7, 11) is 0. The molecule has 2 heterocycles. The summed E-state index contributed by atoms with van der Waals surface area (Å²) in [5.41, 5.74) is 8.95. The fourth-order valence-electron chi connectivity index (χ4n) is 4.22. The molecule has 8 heteroatoms. The average Bonchev–Trinajstić information content (AvgIpc) is 3.47. The maximum atomic E-state index is 7.74. The molecule has 0 unspecified atom stereocenters. The zero-order valence-corrected chi connectivity index (χ0v) is 19.1. The minimum atomic E-state index is -0.123. The largest absolute Gasteiger partial charge is 0.489 e. The predicted octanol–water partition coefficient (Wildman–Crippen LogP) is 5.23. The number of ether oxygens (including phenoxy) is 1. The Kier molecular flexibility index (Phi) is 6.51. The first kappa shape index (κ1) is 22.6. The summed E-state index contributed by atoms with van der Waals surface area (Å²) in [6.07, 6.45) is 1.80. The first-order chi connectivity index (χ1) is 15.6. The number of hydrogen-bond donors (Lipinski definition) is 2. The molecule has 3 aromatic carbocycles. The lowest BCUT2D eigenvalue weighted by Crippen LogP contribution is -2.35. The molecule has 1 aliphatic rings. The fourth-order valence-corrected chi connectivity index (χ4v) is 4.22. The van der Waals surface area contributed by atoms with E-state index in [2.05, 4.69) is 35.3 Å². The van der Waals surface area contributed by atoms with Crippen LogP contribution in [-0.4, -0.2) is 27.5 Å². The third-order valence-electron chi connectivity index (χ3n) is 5.85. The van der Waals surface area contributed by atoms with Crippen LogP contribution in [0.1, 0.15) is 35.9 Å². The number of fused-ring (bicyclic) bond motifs is 1. The molecule has 1 saturated heterocycles. The van der Waals surface area contributed by atoms with E-state index in [1.165, 1.54) is 5.56 Å². The number of halogens is 1. The van der Waals surface area contributed by atoms with Crippen LogP contribution in [0.5, 0.6) is 5.75 Å². The minimum Gasteiger partial charge on any atom is -0.489 e. The summed E-state index contributed by atoms with van der Waals surface area (Å²) >= 11 is 0. The van der Waals surface area contributed by atoms with Gasteiger partial charge in [0.1, 0.15) is 18.4 Å². The van der Waals surface area contributed by atoms with Crippen LogP contribution >= 0.6 is 12.4 Å². The highest BCUT2D eigenvalue weighted by molar-refractivity contribution is 5.87. The lowest BCUT2D eigenvalue weighted by Gasteiger charge is -2.21. The van der Waals surface area contributed by atoms with Gasteiger partial charge in [-0.1, -0.05) is 53.2 Å². The van der Waals surface area contributed by atoms with Gasteiger partial charge in [-0.15, -0.1) is 12.4 Å². The molecule has 0 amide bonds. The van der Waals surface area contributed by atoms with Gasteiger partial charge < -0.3 is 19.9 Å². The third-order valence-corrected chi connectivity index (χ3v) is 5.85. The lowest BCUT2D eigenvalue weighted by molar-refractivity contribution is 0.283. The smallest absolute Gasteiger partial charge is 0.249 e. The second-order valence-electron chi connectivity index (χ2n) is 8.19. The van der Waals surface area contributed by atoms with Gasteiger partial charge in [-0.05, 0) is 54.3 Å². The van der Waals surface area contributed by atoms with E-state index < -0.39 is 0 Å². The molecule has 33 heavy (non-hydrogen) atoms. The van der Waals surface area contributed by atoms with Gasteiger partial charge >= 0.3 is 0 Å². The van der Waals surface area contributed by atoms with Crippen molar-refractivity contribution in [2.24, 2.45) is 5.73 Å². The Morgan fingerprint density at radius 2 is 1.97 bits per heavy atom. The lowest BCUT2D eigenvalue weighted by atomic mass is 10.1. The number of aromatic nitrogens is 2. The van der Waals surface area contributed by atoms with Gasteiger partial charge in [0.25, 0.3) is 0 Å². The Morgan fingerprint density at radius 1 is 1.15 bits per heavy atom. The Labute approximate surface area is 198 Å². The van der Waals surface area contributed by atoms with E-state index in [0.29, 0.717) is 18.3 Å². The summed E-state index contributed by atoms with van der Waals surface area (Å²) in [5, 5.41) is 14.1. The van der Waals surface area contributed by atoms with Crippen molar-refractivity contribution < 1.29 is 9.26 Å². The highest BCUT2D eigenvalue weighted by Gasteiger charge is 2.31. The van der Waals surface area contributed by atoms with Gasteiger partial charge in [0, 0.05) is 12.1 Å². The second kappa shape index (κ2) is 9.50. The molecule has 0 spiro atoms. The number of likely N-dealkylation sites (tertiary alicyclic amines) is 1. The minimum absolute atomic E-state index is 0. The van der Waals surface area contributed by atoms with Crippen LogP contribution in [0.2, 0.25) is 0 Å². The van der Waals surface area contributed by atoms with E-state index in [9.17, 15) is 0 Å². The molecule has 4 aromatic rings. The molecular formula is C25H26ClN5O2. The number of nitrogens with zero attached hydrogens (tertiary/aromatic N) is 3. The molecule has 3 N–H and O–H groups in total. The SMILES string of the molecule is Cc1cccc(COc2ccc3cc(-c4noc([C@@H]5CCCN5C(=N)N)n4)ccc3c2)c1.Cl. The van der Waals surface area contributed by atoms with Gasteiger partial charge in [-0.3, -0.25) is 5.41 Å². The summed E-state index contributed by atoms with van der Waals surface area (Å²) in [6, 6.07) is 20.3. The Bertz CT molecular complexity index is 1290. The van der Waals surface area contributed by atoms with Crippen molar-refractivity contribution in [2.45, 2.75) is 32.4 Å². The summed E-state index contributed by atoms with van der Waals surface area (Å²) in [4.78, 5) is 6.39. The van der Waals surface area contributed by atoms with Crippen LogP contribution < -0.4 is 10.5 Å². The first-order valence-corrected chi connectivity index (χ1v) is 10.7. The Balaban J connectivity index is 0.00000259. The highest BCUT2D eigenvalue weighted by atomic mass is 35.5. The van der Waals surface area contributed by atoms with Gasteiger partial charge in [0.2, 0.25) is 11.7 Å². The number of hydrogen-bond acceptors (Lipinski definition) is 5. The number of nitrogens with one attached hydrogen (secondary N) is 1. The van der Waals surface area contributed by atoms with Crippen molar-refractivity contribution in [3.63, 3.8) is 0 Å². The Morgan fingerprint density at radius 3 is 2.79 bits per heavy atom. The Hall–Kier alpha value is -3.58. The van der Waals surface area contributed by atoms with Crippen molar-refractivity contribution in [1.29, 1.82) is 5.41 Å². The van der Waals surface area contributed by atoms with Gasteiger partial charge in [-0.25, -0.2) is 0 Å². The molecule has 1 aromatic heterocycles.